The molecule has 5 heteroatoms. The Hall–Kier alpha value is -1.20. The van der Waals surface area contributed by atoms with E-state index in [9.17, 15) is 4.79 Å². The van der Waals surface area contributed by atoms with E-state index >= 15 is 0 Å². The summed E-state index contributed by atoms with van der Waals surface area (Å²) in [6, 6.07) is 7.62. The molecule has 0 saturated carbocycles. The molecule has 2 N–H and O–H groups in total. The van der Waals surface area contributed by atoms with E-state index in [-0.39, 0.29) is 17.3 Å². The summed E-state index contributed by atoms with van der Waals surface area (Å²) in [5, 5.41) is 11.8. The summed E-state index contributed by atoms with van der Waals surface area (Å²) >= 11 is 1.63. The Morgan fingerprint density at radius 2 is 1.90 bits per heavy atom. The summed E-state index contributed by atoms with van der Waals surface area (Å²) in [4.78, 5) is 13.8. The van der Waals surface area contributed by atoms with Gasteiger partial charge in [-0.2, -0.15) is 0 Å². The number of amides is 1. The van der Waals surface area contributed by atoms with Crippen LogP contribution in [0.2, 0.25) is 0 Å². The average molecular weight is 296 g/mol. The van der Waals surface area contributed by atoms with E-state index < -0.39 is 0 Å². The molecule has 0 aromatic heterocycles. The molecule has 0 aliphatic carbocycles. The smallest absolute Gasteiger partial charge is 0.234 e. The number of hydrogen-bond acceptors (Lipinski definition) is 4. The van der Waals surface area contributed by atoms with Gasteiger partial charge < -0.3 is 15.3 Å². The number of carbonyl (C=O) groups excluding carboxylic acids is 1. The van der Waals surface area contributed by atoms with Gasteiger partial charge in [0.2, 0.25) is 5.91 Å². The molecule has 0 atom stereocenters. The Labute approximate surface area is 125 Å². The standard InChI is InChI=1S/C15H24N2O2S/c1-15(2,3)20-11-14(19)16-12-5-7-13(8-6-12)17(4)9-10-18/h5-8,18H,9-11H2,1-4H3,(H,16,19). The van der Waals surface area contributed by atoms with Gasteiger partial charge in [-0.25, -0.2) is 0 Å². The topological polar surface area (TPSA) is 52.6 Å². The molecule has 0 bridgehead atoms. The van der Waals surface area contributed by atoms with Crippen LogP contribution in [0.4, 0.5) is 11.4 Å². The number of thioether (sulfide) groups is 1. The van der Waals surface area contributed by atoms with Crippen LogP contribution >= 0.6 is 11.8 Å². The highest BCUT2D eigenvalue weighted by atomic mass is 32.2. The quantitative estimate of drug-likeness (QED) is 0.847. The number of aliphatic hydroxyl groups excluding tert-OH is 1. The number of hydrogen-bond donors (Lipinski definition) is 2. The van der Waals surface area contributed by atoms with E-state index in [1.54, 1.807) is 11.8 Å². The highest BCUT2D eigenvalue weighted by Gasteiger charge is 2.13. The third-order valence-electron chi connectivity index (χ3n) is 2.66. The maximum Gasteiger partial charge on any atom is 0.234 e. The largest absolute Gasteiger partial charge is 0.395 e. The number of benzene rings is 1. The molecule has 0 spiro atoms. The lowest BCUT2D eigenvalue weighted by Gasteiger charge is -2.19. The van der Waals surface area contributed by atoms with Gasteiger partial charge in [-0.1, -0.05) is 20.8 Å². The van der Waals surface area contributed by atoms with Gasteiger partial charge in [0.05, 0.1) is 12.4 Å². The molecular weight excluding hydrogens is 272 g/mol. The van der Waals surface area contributed by atoms with Gasteiger partial charge in [0.25, 0.3) is 0 Å². The van der Waals surface area contributed by atoms with Crippen molar-refractivity contribution in [1.29, 1.82) is 0 Å². The summed E-state index contributed by atoms with van der Waals surface area (Å²) in [6.45, 7) is 7.00. The minimum Gasteiger partial charge on any atom is -0.395 e. The van der Waals surface area contributed by atoms with Gasteiger partial charge in [0, 0.05) is 29.7 Å². The fourth-order valence-corrected chi connectivity index (χ4v) is 2.19. The van der Waals surface area contributed by atoms with Crippen molar-refractivity contribution < 1.29 is 9.90 Å². The fourth-order valence-electron chi connectivity index (χ4n) is 1.56. The summed E-state index contributed by atoms with van der Waals surface area (Å²) in [5.41, 5.74) is 1.81. The maximum atomic E-state index is 11.8. The molecule has 20 heavy (non-hydrogen) atoms. The molecule has 112 valence electrons. The van der Waals surface area contributed by atoms with Crippen molar-refractivity contribution in [3.05, 3.63) is 24.3 Å². The molecular formula is C15H24N2O2S. The van der Waals surface area contributed by atoms with Gasteiger partial charge in [-0.05, 0) is 24.3 Å². The first kappa shape index (κ1) is 16.9. The minimum absolute atomic E-state index is 0.0152. The summed E-state index contributed by atoms with van der Waals surface area (Å²) in [5.74, 6) is 0.469. The number of rotatable bonds is 6. The van der Waals surface area contributed by atoms with Crippen molar-refractivity contribution >= 4 is 29.0 Å². The average Bonchev–Trinajstić information content (AvgIpc) is 2.37. The molecule has 1 rings (SSSR count). The predicted molar refractivity (Wildman–Crippen MR) is 87.6 cm³/mol. The van der Waals surface area contributed by atoms with Gasteiger partial charge in [-0.15, -0.1) is 11.8 Å². The van der Waals surface area contributed by atoms with Gasteiger partial charge in [0.15, 0.2) is 0 Å². The molecule has 0 heterocycles. The molecule has 1 amide bonds. The van der Waals surface area contributed by atoms with Gasteiger partial charge >= 0.3 is 0 Å². The maximum absolute atomic E-state index is 11.8. The summed E-state index contributed by atoms with van der Waals surface area (Å²) in [7, 11) is 1.92. The molecule has 0 aliphatic rings. The molecule has 4 nitrogen and oxygen atoms in total. The number of anilines is 2. The van der Waals surface area contributed by atoms with Crippen LogP contribution in [0, 0.1) is 0 Å². The van der Waals surface area contributed by atoms with Crippen molar-refractivity contribution in [1.82, 2.24) is 0 Å². The molecule has 0 aliphatic heterocycles. The van der Waals surface area contributed by atoms with E-state index in [4.69, 9.17) is 5.11 Å². The number of nitrogens with zero attached hydrogens (tertiary/aromatic N) is 1. The Kier molecular flexibility index (Phi) is 6.36. The van der Waals surface area contributed by atoms with Crippen LogP contribution in [-0.4, -0.2) is 41.7 Å². The molecule has 1 aromatic carbocycles. The van der Waals surface area contributed by atoms with E-state index in [0.29, 0.717) is 12.3 Å². The zero-order chi connectivity index (χ0) is 15.2. The third kappa shape index (κ3) is 6.30. The van der Waals surface area contributed by atoms with Crippen LogP contribution in [0.5, 0.6) is 0 Å². The minimum atomic E-state index is 0.0152. The SMILES string of the molecule is CN(CCO)c1ccc(NC(=O)CSC(C)(C)C)cc1. The molecule has 1 aromatic rings. The van der Waals surface area contributed by atoms with Crippen molar-refractivity contribution in [2.45, 2.75) is 25.5 Å². The number of carbonyl (C=O) groups is 1. The molecule has 0 saturated heterocycles. The first-order chi connectivity index (χ1) is 9.31. The number of nitrogens with one attached hydrogen (secondary N) is 1. The van der Waals surface area contributed by atoms with Crippen LogP contribution in [0.15, 0.2) is 24.3 Å². The number of likely N-dealkylation sites (N-methyl/N-ethyl adjacent to an activating group) is 1. The summed E-state index contributed by atoms with van der Waals surface area (Å²) < 4.78 is 0.0915. The van der Waals surface area contributed by atoms with Crippen molar-refractivity contribution in [3.8, 4) is 0 Å². The normalized spacial score (nSPS) is 11.2. The van der Waals surface area contributed by atoms with Gasteiger partial charge in [-0.3, -0.25) is 4.79 Å². The van der Waals surface area contributed by atoms with E-state index in [0.717, 1.165) is 11.4 Å². The molecule has 0 fully saturated rings. The highest BCUT2D eigenvalue weighted by Crippen LogP contribution is 2.23. The zero-order valence-electron chi connectivity index (χ0n) is 12.6. The first-order valence-electron chi connectivity index (χ1n) is 6.68. The van der Waals surface area contributed by atoms with Crippen LogP contribution in [0.25, 0.3) is 0 Å². The first-order valence-corrected chi connectivity index (χ1v) is 7.66. The second kappa shape index (κ2) is 7.55. The van der Waals surface area contributed by atoms with E-state index in [1.165, 1.54) is 0 Å². The van der Waals surface area contributed by atoms with Crippen LogP contribution < -0.4 is 10.2 Å². The molecule has 0 unspecified atom stereocenters. The predicted octanol–water partition coefficient (Wildman–Crippen LogP) is 2.59. The van der Waals surface area contributed by atoms with Crippen LogP contribution in [0.3, 0.4) is 0 Å². The van der Waals surface area contributed by atoms with Crippen molar-refractivity contribution in [2.24, 2.45) is 0 Å². The Morgan fingerprint density at radius 1 is 1.30 bits per heavy atom. The van der Waals surface area contributed by atoms with Crippen molar-refractivity contribution in [2.75, 3.05) is 36.2 Å². The fraction of sp³-hybridized carbons (Fsp3) is 0.533. The Bertz CT molecular complexity index is 426. The summed E-state index contributed by atoms with van der Waals surface area (Å²) in [6.07, 6.45) is 0. The zero-order valence-corrected chi connectivity index (χ0v) is 13.5. The Morgan fingerprint density at radius 3 is 2.40 bits per heavy atom. The van der Waals surface area contributed by atoms with Crippen LogP contribution in [0.1, 0.15) is 20.8 Å². The van der Waals surface area contributed by atoms with Gasteiger partial charge in [0.1, 0.15) is 0 Å². The monoisotopic (exact) mass is 296 g/mol. The third-order valence-corrected chi connectivity index (χ3v) is 3.94. The van der Waals surface area contributed by atoms with E-state index in [2.05, 4.69) is 26.1 Å². The highest BCUT2D eigenvalue weighted by molar-refractivity contribution is 8.01. The van der Waals surface area contributed by atoms with Crippen molar-refractivity contribution in [3.63, 3.8) is 0 Å². The lowest BCUT2D eigenvalue weighted by molar-refractivity contribution is -0.113. The second-order valence-electron chi connectivity index (χ2n) is 5.64. The lowest BCUT2D eigenvalue weighted by atomic mass is 10.2. The Balaban J connectivity index is 2.51. The number of aliphatic hydroxyl groups is 1. The van der Waals surface area contributed by atoms with E-state index in [1.807, 2.05) is 36.2 Å². The molecule has 0 radical (unpaired) electrons. The second-order valence-corrected chi connectivity index (χ2v) is 7.44. The lowest BCUT2D eigenvalue weighted by Crippen LogP contribution is -2.21. The van der Waals surface area contributed by atoms with Crippen LogP contribution in [-0.2, 0) is 4.79 Å².